The fraction of sp³-hybridized carbons (Fsp3) is 0.133. The van der Waals surface area contributed by atoms with E-state index in [-0.39, 0.29) is 17.9 Å². The maximum absolute atomic E-state index is 13.7. The lowest BCUT2D eigenvalue weighted by Gasteiger charge is -2.07. The maximum atomic E-state index is 13.7. The monoisotopic (exact) mass is 285 g/mol. The third-order valence-electron chi connectivity index (χ3n) is 2.64. The normalized spacial score (nSPS) is 9.76. The largest absolute Gasteiger partial charge is 0.462 e. The highest BCUT2D eigenvalue weighted by atomic mass is 19.1. The molecule has 0 bridgehead atoms. The number of ether oxygens (including phenoxy) is 1. The van der Waals surface area contributed by atoms with Gasteiger partial charge in [0.25, 0.3) is 0 Å². The van der Waals surface area contributed by atoms with Gasteiger partial charge in [0.1, 0.15) is 11.6 Å². The molecule has 0 fully saturated rings. The number of carbonyl (C=O) groups is 1. The van der Waals surface area contributed by atoms with Gasteiger partial charge in [0.15, 0.2) is 0 Å². The average molecular weight is 285 g/mol. The topological polar surface area (TPSA) is 75.0 Å². The fourth-order valence-corrected chi connectivity index (χ4v) is 1.63. The van der Waals surface area contributed by atoms with Gasteiger partial charge in [-0.15, -0.1) is 0 Å². The summed E-state index contributed by atoms with van der Waals surface area (Å²) in [6, 6.07) is 9.02. The van der Waals surface area contributed by atoms with Crippen LogP contribution in [0.4, 0.5) is 15.9 Å². The van der Waals surface area contributed by atoms with Crippen molar-refractivity contribution < 1.29 is 13.9 Å². The molecule has 0 spiro atoms. The molecule has 106 valence electrons. The van der Waals surface area contributed by atoms with Crippen LogP contribution < -0.4 is 5.32 Å². The van der Waals surface area contributed by atoms with Gasteiger partial charge in [-0.25, -0.2) is 14.2 Å². The minimum Gasteiger partial charge on any atom is -0.462 e. The Morgan fingerprint density at radius 1 is 1.43 bits per heavy atom. The van der Waals surface area contributed by atoms with Crippen molar-refractivity contribution in [2.75, 3.05) is 11.9 Å². The van der Waals surface area contributed by atoms with Gasteiger partial charge >= 0.3 is 5.97 Å². The number of nitrogens with one attached hydrogen (secondary N) is 1. The number of carbonyl (C=O) groups excluding carboxylic acids is 1. The number of halogens is 1. The number of hydrogen-bond acceptors (Lipinski definition) is 5. The Morgan fingerprint density at radius 3 is 2.81 bits per heavy atom. The predicted octanol–water partition coefficient (Wildman–Crippen LogP) is 3.01. The number of anilines is 2. The lowest BCUT2D eigenvalue weighted by atomic mass is 10.2. The molecule has 0 saturated carbocycles. The van der Waals surface area contributed by atoms with E-state index >= 15 is 0 Å². The van der Waals surface area contributed by atoms with Crippen molar-refractivity contribution in [3.8, 4) is 6.07 Å². The summed E-state index contributed by atoms with van der Waals surface area (Å²) < 4.78 is 18.6. The van der Waals surface area contributed by atoms with Crippen molar-refractivity contribution in [1.82, 2.24) is 4.98 Å². The van der Waals surface area contributed by atoms with E-state index < -0.39 is 11.8 Å². The zero-order chi connectivity index (χ0) is 15.2. The number of benzene rings is 1. The van der Waals surface area contributed by atoms with Crippen molar-refractivity contribution in [3.05, 3.63) is 53.5 Å². The van der Waals surface area contributed by atoms with Gasteiger partial charge in [0.2, 0.25) is 0 Å². The highest BCUT2D eigenvalue weighted by molar-refractivity contribution is 5.89. The zero-order valence-electron chi connectivity index (χ0n) is 11.3. The summed E-state index contributed by atoms with van der Waals surface area (Å²) in [4.78, 5) is 15.5. The number of esters is 1. The standard InChI is InChI=1S/C15H12FN3O2/c1-2-21-15(20)11-4-6-14(18-9-11)19-13-5-3-10(8-17)7-12(13)16/h3-7,9H,2H2,1H3,(H,18,19). The molecule has 2 aromatic rings. The molecular formula is C15H12FN3O2. The molecule has 1 N–H and O–H groups in total. The SMILES string of the molecule is CCOC(=O)c1ccc(Nc2ccc(C#N)cc2F)nc1. The minimum atomic E-state index is -0.551. The summed E-state index contributed by atoms with van der Waals surface area (Å²) in [5, 5.41) is 11.4. The molecule has 1 aromatic heterocycles. The molecule has 2 rings (SSSR count). The Hall–Kier alpha value is -2.94. The van der Waals surface area contributed by atoms with E-state index in [9.17, 15) is 9.18 Å². The first-order valence-electron chi connectivity index (χ1n) is 6.24. The third-order valence-corrected chi connectivity index (χ3v) is 2.64. The van der Waals surface area contributed by atoms with E-state index in [0.717, 1.165) is 6.07 Å². The molecule has 0 aliphatic heterocycles. The van der Waals surface area contributed by atoms with Crippen LogP contribution in [0.5, 0.6) is 0 Å². The first-order chi connectivity index (χ1) is 10.1. The Bertz CT molecular complexity index is 693. The van der Waals surface area contributed by atoms with Crippen LogP contribution in [0, 0.1) is 17.1 Å². The Labute approximate surface area is 121 Å². The van der Waals surface area contributed by atoms with Gasteiger partial charge in [0.05, 0.1) is 29.5 Å². The first kappa shape index (κ1) is 14.5. The molecule has 0 atom stereocenters. The van der Waals surface area contributed by atoms with Crippen LogP contribution in [0.1, 0.15) is 22.8 Å². The molecule has 0 saturated heterocycles. The van der Waals surface area contributed by atoms with Gasteiger partial charge in [-0.1, -0.05) is 0 Å². The second-order valence-corrected chi connectivity index (χ2v) is 4.08. The molecule has 1 heterocycles. The number of pyridine rings is 1. The smallest absolute Gasteiger partial charge is 0.339 e. The van der Waals surface area contributed by atoms with Crippen LogP contribution in [-0.2, 0) is 4.74 Å². The second kappa shape index (κ2) is 6.48. The molecule has 0 amide bonds. The fourth-order valence-electron chi connectivity index (χ4n) is 1.63. The van der Waals surface area contributed by atoms with Crippen molar-refractivity contribution >= 4 is 17.5 Å². The predicted molar refractivity (Wildman–Crippen MR) is 74.6 cm³/mol. The van der Waals surface area contributed by atoms with Crippen LogP contribution in [0.3, 0.4) is 0 Å². The van der Waals surface area contributed by atoms with Gasteiger partial charge in [-0.2, -0.15) is 5.26 Å². The second-order valence-electron chi connectivity index (χ2n) is 4.08. The Morgan fingerprint density at radius 2 is 2.24 bits per heavy atom. The summed E-state index contributed by atoms with van der Waals surface area (Å²) in [7, 11) is 0. The molecule has 6 heteroatoms. The van der Waals surface area contributed by atoms with Crippen molar-refractivity contribution in [2.45, 2.75) is 6.92 Å². The van der Waals surface area contributed by atoms with Gasteiger partial charge in [-0.05, 0) is 37.3 Å². The van der Waals surface area contributed by atoms with Crippen LogP contribution >= 0.6 is 0 Å². The molecule has 0 unspecified atom stereocenters. The van der Waals surface area contributed by atoms with Crippen molar-refractivity contribution in [1.29, 1.82) is 5.26 Å². The van der Waals surface area contributed by atoms with E-state index in [4.69, 9.17) is 10.00 Å². The lowest BCUT2D eigenvalue weighted by Crippen LogP contribution is -2.05. The lowest BCUT2D eigenvalue weighted by molar-refractivity contribution is 0.0526. The zero-order valence-corrected chi connectivity index (χ0v) is 11.3. The average Bonchev–Trinajstić information content (AvgIpc) is 2.50. The number of aromatic nitrogens is 1. The number of nitrogens with zero attached hydrogens (tertiary/aromatic N) is 2. The Balaban J connectivity index is 2.14. The number of nitriles is 1. The van der Waals surface area contributed by atoms with Crippen molar-refractivity contribution in [3.63, 3.8) is 0 Å². The minimum absolute atomic E-state index is 0.199. The molecule has 1 aromatic carbocycles. The van der Waals surface area contributed by atoms with Crippen LogP contribution in [-0.4, -0.2) is 17.6 Å². The van der Waals surface area contributed by atoms with Gasteiger partial charge < -0.3 is 10.1 Å². The van der Waals surface area contributed by atoms with E-state index in [0.29, 0.717) is 11.4 Å². The highest BCUT2D eigenvalue weighted by Gasteiger charge is 2.08. The molecule has 0 aliphatic rings. The highest BCUT2D eigenvalue weighted by Crippen LogP contribution is 2.19. The molecule has 5 nitrogen and oxygen atoms in total. The number of hydrogen-bond donors (Lipinski definition) is 1. The molecule has 0 aliphatic carbocycles. The summed E-state index contributed by atoms with van der Waals surface area (Å²) in [5.74, 6) is -0.627. The maximum Gasteiger partial charge on any atom is 0.339 e. The molecular weight excluding hydrogens is 273 g/mol. The van der Waals surface area contributed by atoms with Gasteiger partial charge in [0, 0.05) is 6.20 Å². The van der Waals surface area contributed by atoms with Gasteiger partial charge in [-0.3, -0.25) is 0 Å². The summed E-state index contributed by atoms with van der Waals surface area (Å²) in [5.41, 5.74) is 0.761. The third kappa shape index (κ3) is 3.54. The van der Waals surface area contributed by atoms with E-state index in [1.54, 1.807) is 13.0 Å². The van der Waals surface area contributed by atoms with Crippen LogP contribution in [0.15, 0.2) is 36.5 Å². The Kier molecular flexibility index (Phi) is 4.46. The van der Waals surface area contributed by atoms with E-state index in [1.165, 1.54) is 24.4 Å². The molecule has 0 radical (unpaired) electrons. The van der Waals surface area contributed by atoms with Crippen LogP contribution in [0.25, 0.3) is 0 Å². The van der Waals surface area contributed by atoms with E-state index in [1.807, 2.05) is 6.07 Å². The van der Waals surface area contributed by atoms with E-state index in [2.05, 4.69) is 10.3 Å². The first-order valence-corrected chi connectivity index (χ1v) is 6.24. The van der Waals surface area contributed by atoms with Crippen molar-refractivity contribution in [2.24, 2.45) is 0 Å². The summed E-state index contributed by atoms with van der Waals surface area (Å²) in [6.07, 6.45) is 1.35. The summed E-state index contributed by atoms with van der Waals surface area (Å²) >= 11 is 0. The number of rotatable bonds is 4. The van der Waals surface area contributed by atoms with Crippen LogP contribution in [0.2, 0.25) is 0 Å². The summed E-state index contributed by atoms with van der Waals surface area (Å²) in [6.45, 7) is 2.00. The molecule has 21 heavy (non-hydrogen) atoms. The quantitative estimate of drug-likeness (QED) is 0.874.